The van der Waals surface area contributed by atoms with Crippen LogP contribution in [0.25, 0.3) is 0 Å². The van der Waals surface area contributed by atoms with Gasteiger partial charge in [-0.1, -0.05) is 13.8 Å². The number of rotatable bonds is 6. The molecule has 146 valence electrons. The highest BCUT2D eigenvalue weighted by Gasteiger charge is 2.43. The highest BCUT2D eigenvalue weighted by Crippen LogP contribution is 2.23. The molecule has 0 saturated carbocycles. The molecule has 7 nitrogen and oxygen atoms in total. The Labute approximate surface area is 144 Å². The normalized spacial score (nSPS) is 14.5. The van der Waals surface area contributed by atoms with Gasteiger partial charge in [-0.15, -0.1) is 0 Å². The molecule has 0 aliphatic carbocycles. The van der Waals surface area contributed by atoms with E-state index in [9.17, 15) is 27.6 Å². The van der Waals surface area contributed by atoms with Crippen molar-refractivity contribution in [1.29, 1.82) is 0 Å². The highest BCUT2D eigenvalue weighted by molar-refractivity contribution is 5.85. The van der Waals surface area contributed by atoms with Crippen LogP contribution in [0.3, 0.4) is 0 Å². The average molecular weight is 370 g/mol. The van der Waals surface area contributed by atoms with Crippen molar-refractivity contribution >= 4 is 18.0 Å². The zero-order valence-electron chi connectivity index (χ0n) is 15.1. The van der Waals surface area contributed by atoms with Crippen LogP contribution in [0.5, 0.6) is 0 Å². The Kier molecular flexibility index (Phi) is 8.20. The van der Waals surface area contributed by atoms with Gasteiger partial charge in [0.15, 0.2) is 0 Å². The van der Waals surface area contributed by atoms with E-state index in [0.717, 1.165) is 7.11 Å². The van der Waals surface area contributed by atoms with Crippen molar-refractivity contribution in [1.82, 2.24) is 10.6 Å². The smallest absolute Gasteiger partial charge is 0.409 e. The maximum atomic E-state index is 13.1. The number of alkyl halides is 3. The molecule has 2 N–H and O–H groups in total. The second kappa shape index (κ2) is 8.91. The van der Waals surface area contributed by atoms with Crippen LogP contribution in [0.2, 0.25) is 0 Å². The maximum absolute atomic E-state index is 13.1. The van der Waals surface area contributed by atoms with Gasteiger partial charge in [0.1, 0.15) is 17.7 Å². The van der Waals surface area contributed by atoms with Crippen LogP contribution in [-0.4, -0.2) is 48.9 Å². The van der Waals surface area contributed by atoms with Crippen LogP contribution in [0.15, 0.2) is 0 Å². The highest BCUT2D eigenvalue weighted by atomic mass is 19.4. The Bertz CT molecular complexity index is 487. The number of esters is 1. The third kappa shape index (κ3) is 9.16. The van der Waals surface area contributed by atoms with E-state index in [-0.39, 0.29) is 5.92 Å². The van der Waals surface area contributed by atoms with Gasteiger partial charge in [-0.25, -0.2) is 9.59 Å². The molecule has 0 fully saturated rings. The Morgan fingerprint density at radius 3 is 1.92 bits per heavy atom. The molecule has 25 heavy (non-hydrogen) atoms. The lowest BCUT2D eigenvalue weighted by atomic mass is 10.0. The fourth-order valence-electron chi connectivity index (χ4n) is 1.74. The number of carbonyl (C=O) groups is 3. The first-order chi connectivity index (χ1) is 11.2. The van der Waals surface area contributed by atoms with Crippen LogP contribution in [0, 0.1) is 5.92 Å². The van der Waals surface area contributed by atoms with Crippen LogP contribution < -0.4 is 10.6 Å². The van der Waals surface area contributed by atoms with E-state index in [1.54, 1.807) is 19.2 Å². The number of hydrogen-bond donors (Lipinski definition) is 2. The fraction of sp³-hybridized carbons (Fsp3) is 0.800. The molecule has 10 heteroatoms. The summed E-state index contributed by atoms with van der Waals surface area (Å²) in [6.07, 6.45) is -7.26. The number of hydrogen-bond acceptors (Lipinski definition) is 5. The fourth-order valence-corrected chi connectivity index (χ4v) is 1.74. The zero-order chi connectivity index (χ0) is 20.0. The molecule has 0 aliphatic heterocycles. The summed E-state index contributed by atoms with van der Waals surface area (Å²) in [5, 5.41) is 3.81. The second-order valence-electron chi connectivity index (χ2n) is 6.76. The minimum absolute atomic E-state index is 0.389. The summed E-state index contributed by atoms with van der Waals surface area (Å²) in [4.78, 5) is 35.0. The summed E-state index contributed by atoms with van der Waals surface area (Å²) in [5.74, 6) is -2.21. The molecule has 0 spiro atoms. The Morgan fingerprint density at radius 2 is 1.56 bits per heavy atom. The molecular weight excluding hydrogens is 345 g/mol. The molecule has 2 amide bonds. The molecule has 0 aromatic carbocycles. The Morgan fingerprint density at radius 1 is 1.04 bits per heavy atom. The monoisotopic (exact) mass is 370 g/mol. The van der Waals surface area contributed by atoms with Crippen molar-refractivity contribution in [3.8, 4) is 0 Å². The minimum atomic E-state index is -4.87. The van der Waals surface area contributed by atoms with Gasteiger partial charge < -0.3 is 20.1 Å². The van der Waals surface area contributed by atoms with Gasteiger partial charge in [-0.3, -0.25) is 4.79 Å². The third-order valence-electron chi connectivity index (χ3n) is 2.91. The molecule has 0 aromatic heterocycles. The van der Waals surface area contributed by atoms with E-state index in [1.165, 1.54) is 20.8 Å². The summed E-state index contributed by atoms with van der Waals surface area (Å²) in [7, 11) is 1.10. The van der Waals surface area contributed by atoms with Crippen molar-refractivity contribution in [2.45, 2.75) is 64.9 Å². The van der Waals surface area contributed by atoms with Crippen molar-refractivity contribution in [3.05, 3.63) is 0 Å². The van der Waals surface area contributed by atoms with E-state index >= 15 is 0 Å². The summed E-state index contributed by atoms with van der Waals surface area (Å²) in [6.45, 7) is 7.67. The number of ether oxygens (including phenoxy) is 2. The first kappa shape index (κ1) is 23.0. The second-order valence-corrected chi connectivity index (χ2v) is 6.76. The average Bonchev–Trinajstić information content (AvgIpc) is 2.39. The van der Waals surface area contributed by atoms with Gasteiger partial charge in [0.2, 0.25) is 5.91 Å². The number of alkyl carbamates (subject to hydrolysis) is 1. The van der Waals surface area contributed by atoms with Gasteiger partial charge in [0.25, 0.3) is 0 Å². The van der Waals surface area contributed by atoms with Crippen LogP contribution in [0.4, 0.5) is 18.0 Å². The van der Waals surface area contributed by atoms with Gasteiger partial charge in [-0.2, -0.15) is 13.2 Å². The Balaban J connectivity index is 5.01. The molecule has 0 aromatic rings. The van der Waals surface area contributed by atoms with Gasteiger partial charge in [0.05, 0.1) is 13.5 Å². The number of amides is 2. The largest absolute Gasteiger partial charge is 0.467 e. The number of nitrogens with one attached hydrogen (secondary N) is 2. The predicted molar refractivity (Wildman–Crippen MR) is 82.6 cm³/mol. The molecule has 0 saturated heterocycles. The topological polar surface area (TPSA) is 93.7 Å². The third-order valence-corrected chi connectivity index (χ3v) is 2.91. The molecule has 0 unspecified atom stereocenters. The molecule has 0 radical (unpaired) electrons. The standard InChI is InChI=1S/C15H25F3N2O5/c1-8(2)11(12(22)24-6)20-10(21)7-9(15(16,17)18)19-13(23)25-14(3,4)5/h8-9,11H,7H2,1-6H3,(H,19,23)(H,20,21)/t9-,11-/m0/s1. The quantitative estimate of drug-likeness (QED) is 0.699. The van der Waals surface area contributed by atoms with E-state index in [2.05, 4.69) is 10.1 Å². The van der Waals surface area contributed by atoms with Crippen molar-refractivity contribution in [2.75, 3.05) is 7.11 Å². The lowest BCUT2D eigenvalue weighted by Gasteiger charge is -2.26. The molecule has 0 bridgehead atoms. The lowest BCUT2D eigenvalue weighted by Crippen LogP contribution is -2.52. The van der Waals surface area contributed by atoms with Crippen LogP contribution >= 0.6 is 0 Å². The lowest BCUT2D eigenvalue weighted by molar-refractivity contribution is -0.161. The Hall–Kier alpha value is -2.00. The van der Waals surface area contributed by atoms with Gasteiger partial charge in [0, 0.05) is 0 Å². The van der Waals surface area contributed by atoms with E-state index in [4.69, 9.17) is 4.74 Å². The summed E-state index contributed by atoms with van der Waals surface area (Å²) >= 11 is 0. The number of methoxy groups -OCH3 is 1. The van der Waals surface area contributed by atoms with E-state index in [0.29, 0.717) is 0 Å². The van der Waals surface area contributed by atoms with Crippen molar-refractivity contribution in [2.24, 2.45) is 5.92 Å². The maximum Gasteiger partial charge on any atom is 0.409 e. The zero-order valence-corrected chi connectivity index (χ0v) is 15.1. The van der Waals surface area contributed by atoms with Crippen molar-refractivity contribution < 1.29 is 37.0 Å². The SMILES string of the molecule is COC(=O)[C@@H](NC(=O)C[C@H](NC(=O)OC(C)(C)C)C(F)(F)F)C(C)C. The van der Waals surface area contributed by atoms with Crippen LogP contribution in [-0.2, 0) is 19.1 Å². The molecule has 0 aliphatic rings. The number of carbonyl (C=O) groups excluding carboxylic acids is 3. The first-order valence-corrected chi connectivity index (χ1v) is 7.60. The molecule has 0 rings (SSSR count). The van der Waals surface area contributed by atoms with Crippen molar-refractivity contribution in [3.63, 3.8) is 0 Å². The summed E-state index contributed by atoms with van der Waals surface area (Å²) in [5.41, 5.74) is -0.990. The van der Waals surface area contributed by atoms with Gasteiger partial charge >= 0.3 is 18.2 Å². The minimum Gasteiger partial charge on any atom is -0.467 e. The van der Waals surface area contributed by atoms with E-state index < -0.39 is 48.3 Å². The summed E-state index contributed by atoms with van der Waals surface area (Å²) in [6, 6.07) is -3.54. The number of halogens is 3. The van der Waals surface area contributed by atoms with Crippen LogP contribution in [0.1, 0.15) is 41.0 Å². The van der Waals surface area contributed by atoms with Gasteiger partial charge in [-0.05, 0) is 26.7 Å². The first-order valence-electron chi connectivity index (χ1n) is 7.60. The molecular formula is C15H25F3N2O5. The predicted octanol–water partition coefficient (Wildman–Crippen LogP) is 2.15. The molecule has 2 atom stereocenters. The summed E-state index contributed by atoms with van der Waals surface area (Å²) < 4.78 is 48.4. The van der Waals surface area contributed by atoms with E-state index in [1.807, 2.05) is 0 Å². The molecule has 0 heterocycles.